The molecule has 0 unspecified atom stereocenters. The van der Waals surface area contributed by atoms with Crippen LogP contribution in [0.3, 0.4) is 0 Å². The van der Waals surface area contributed by atoms with E-state index in [4.69, 9.17) is 0 Å². The number of carboxylic acids is 1. The summed E-state index contributed by atoms with van der Waals surface area (Å²) < 4.78 is 32.2. The smallest absolute Gasteiger partial charge is 0.327 e. The van der Waals surface area contributed by atoms with Crippen LogP contribution in [0.25, 0.3) is 0 Å². The van der Waals surface area contributed by atoms with Gasteiger partial charge in [-0.2, -0.15) is 8.42 Å². The maximum absolute atomic E-state index is 12.6. The number of hydrogen-bond donors (Lipinski definition) is 3. The SMILES string of the molecule is CC1(C)S[C@H]2[C@H](NC(=O)[C@@H](c3ccccc3)S(=O)(=O)O)C(=O)N2[C@H]1C(=O)O. The quantitative estimate of drug-likeness (QED) is 0.460. The molecule has 1 aromatic carbocycles. The van der Waals surface area contributed by atoms with Crippen LogP contribution in [0.15, 0.2) is 30.3 Å². The Morgan fingerprint density at radius 3 is 2.37 bits per heavy atom. The second kappa shape index (κ2) is 6.50. The molecule has 0 radical (unpaired) electrons. The normalized spacial score (nSPS) is 27.4. The molecule has 2 fully saturated rings. The van der Waals surface area contributed by atoms with Gasteiger partial charge in [-0.15, -0.1) is 11.8 Å². The summed E-state index contributed by atoms with van der Waals surface area (Å²) in [6, 6.07) is 5.31. The molecule has 0 aliphatic carbocycles. The Morgan fingerprint density at radius 2 is 1.85 bits per heavy atom. The third-order valence-electron chi connectivity index (χ3n) is 4.61. The van der Waals surface area contributed by atoms with Crippen molar-refractivity contribution in [1.82, 2.24) is 10.2 Å². The number of hydrogen-bond acceptors (Lipinski definition) is 6. The lowest BCUT2D eigenvalue weighted by Crippen LogP contribution is -2.71. The molecule has 11 heteroatoms. The molecule has 9 nitrogen and oxygen atoms in total. The highest BCUT2D eigenvalue weighted by atomic mass is 32.2. The highest BCUT2D eigenvalue weighted by molar-refractivity contribution is 8.01. The third-order valence-corrected chi connectivity index (χ3v) is 7.26. The van der Waals surface area contributed by atoms with Crippen LogP contribution in [0.1, 0.15) is 24.7 Å². The summed E-state index contributed by atoms with van der Waals surface area (Å²) in [5.41, 5.74) is 0.0592. The summed E-state index contributed by atoms with van der Waals surface area (Å²) in [5, 5.41) is 9.26. The largest absolute Gasteiger partial charge is 0.480 e. The lowest BCUT2D eigenvalue weighted by molar-refractivity contribution is -0.161. The van der Waals surface area contributed by atoms with E-state index < -0.39 is 55.4 Å². The van der Waals surface area contributed by atoms with Gasteiger partial charge >= 0.3 is 5.97 Å². The van der Waals surface area contributed by atoms with Crippen molar-refractivity contribution >= 4 is 39.7 Å². The number of β-lactam (4-membered cyclic amide) rings is 1. The molecule has 1 aromatic rings. The van der Waals surface area contributed by atoms with Gasteiger partial charge in [0.1, 0.15) is 17.5 Å². The van der Waals surface area contributed by atoms with Crippen LogP contribution in [0.4, 0.5) is 0 Å². The highest BCUT2D eigenvalue weighted by Gasteiger charge is 2.64. The molecule has 27 heavy (non-hydrogen) atoms. The second-order valence-electron chi connectivity index (χ2n) is 6.89. The van der Waals surface area contributed by atoms with Crippen LogP contribution >= 0.6 is 11.8 Å². The Hall–Kier alpha value is -2.11. The second-order valence-corrected chi connectivity index (χ2v) is 10.2. The fourth-order valence-electron chi connectivity index (χ4n) is 3.46. The van der Waals surface area contributed by atoms with Crippen LogP contribution in [0.5, 0.6) is 0 Å². The van der Waals surface area contributed by atoms with E-state index in [1.54, 1.807) is 19.9 Å². The van der Waals surface area contributed by atoms with E-state index in [2.05, 4.69) is 5.32 Å². The van der Waals surface area contributed by atoms with E-state index in [1.165, 1.54) is 40.9 Å². The number of nitrogens with zero attached hydrogens (tertiary/aromatic N) is 1. The molecule has 146 valence electrons. The molecule has 0 aromatic heterocycles. The fourth-order valence-corrected chi connectivity index (χ4v) is 5.93. The van der Waals surface area contributed by atoms with E-state index in [0.29, 0.717) is 0 Å². The summed E-state index contributed by atoms with van der Waals surface area (Å²) in [6.07, 6.45) is 0. The Balaban J connectivity index is 1.83. The molecule has 2 heterocycles. The number of carboxylic acid groups (broad SMARTS) is 1. The summed E-state index contributed by atoms with van der Waals surface area (Å²) in [5.74, 6) is -2.78. The van der Waals surface area contributed by atoms with E-state index in [1.807, 2.05) is 0 Å². The Bertz CT molecular complexity index is 901. The van der Waals surface area contributed by atoms with Crippen LogP contribution < -0.4 is 5.32 Å². The van der Waals surface area contributed by atoms with Gasteiger partial charge in [-0.3, -0.25) is 14.1 Å². The Labute approximate surface area is 159 Å². The number of carbonyl (C=O) groups is 3. The molecular formula is C16H18N2O7S2. The van der Waals surface area contributed by atoms with Gasteiger partial charge in [-0.1, -0.05) is 30.3 Å². The van der Waals surface area contributed by atoms with E-state index >= 15 is 0 Å². The predicted molar refractivity (Wildman–Crippen MR) is 96.4 cm³/mol. The lowest BCUT2D eigenvalue weighted by Gasteiger charge is -2.43. The van der Waals surface area contributed by atoms with Crippen molar-refractivity contribution in [2.24, 2.45) is 0 Å². The first kappa shape index (κ1) is 19.6. The van der Waals surface area contributed by atoms with Crippen molar-refractivity contribution in [3.8, 4) is 0 Å². The van der Waals surface area contributed by atoms with Crippen LogP contribution in [-0.2, 0) is 24.5 Å². The van der Waals surface area contributed by atoms with Crippen molar-refractivity contribution in [3.63, 3.8) is 0 Å². The Kier molecular flexibility index (Phi) is 4.73. The number of carbonyl (C=O) groups excluding carboxylic acids is 2. The minimum atomic E-state index is -4.77. The zero-order chi connectivity index (χ0) is 20.1. The van der Waals surface area contributed by atoms with Gasteiger partial charge in [0.2, 0.25) is 11.8 Å². The van der Waals surface area contributed by atoms with Crippen molar-refractivity contribution < 1.29 is 32.5 Å². The van der Waals surface area contributed by atoms with Gasteiger partial charge in [0.15, 0.2) is 5.25 Å². The zero-order valence-electron chi connectivity index (χ0n) is 14.4. The summed E-state index contributed by atoms with van der Waals surface area (Å²) >= 11 is 1.22. The minimum absolute atomic E-state index is 0.0592. The molecule has 0 saturated carbocycles. The van der Waals surface area contributed by atoms with E-state index in [-0.39, 0.29) is 5.56 Å². The van der Waals surface area contributed by atoms with Gasteiger partial charge in [0.25, 0.3) is 10.1 Å². The van der Waals surface area contributed by atoms with Gasteiger partial charge in [0.05, 0.1) is 0 Å². The van der Waals surface area contributed by atoms with Gasteiger partial charge in [-0.05, 0) is 19.4 Å². The van der Waals surface area contributed by atoms with E-state index in [9.17, 15) is 32.5 Å². The minimum Gasteiger partial charge on any atom is -0.480 e. The lowest BCUT2D eigenvalue weighted by atomic mass is 9.96. The van der Waals surface area contributed by atoms with Gasteiger partial charge in [-0.25, -0.2) is 4.79 Å². The number of rotatable bonds is 5. The first-order valence-electron chi connectivity index (χ1n) is 7.99. The van der Waals surface area contributed by atoms with E-state index in [0.717, 1.165) is 0 Å². The van der Waals surface area contributed by atoms with Crippen LogP contribution in [0, 0.1) is 0 Å². The van der Waals surface area contributed by atoms with Crippen LogP contribution in [0.2, 0.25) is 0 Å². The zero-order valence-corrected chi connectivity index (χ0v) is 16.0. The monoisotopic (exact) mass is 414 g/mol. The molecular weight excluding hydrogens is 396 g/mol. The van der Waals surface area contributed by atoms with Crippen molar-refractivity contribution in [2.75, 3.05) is 0 Å². The molecule has 2 saturated heterocycles. The van der Waals surface area contributed by atoms with Crippen LogP contribution in [-0.4, -0.2) is 63.0 Å². The topological polar surface area (TPSA) is 141 Å². The third kappa shape index (κ3) is 3.30. The summed E-state index contributed by atoms with van der Waals surface area (Å²) in [4.78, 5) is 37.7. The number of thioether (sulfide) groups is 1. The maximum Gasteiger partial charge on any atom is 0.327 e. The summed E-state index contributed by atoms with van der Waals surface area (Å²) in [6.45, 7) is 3.37. The summed E-state index contributed by atoms with van der Waals surface area (Å²) in [7, 11) is -4.77. The van der Waals surface area contributed by atoms with Gasteiger partial charge < -0.3 is 15.3 Å². The molecule has 3 rings (SSSR count). The fraction of sp³-hybridized carbons (Fsp3) is 0.438. The standard InChI is InChI=1S/C16H18N2O7S2/c1-16(2)11(15(21)22)18-13(20)9(14(18)26-16)17-12(19)10(27(23,24)25)8-6-4-3-5-7-8/h3-7,9-11,14H,1-2H3,(H,17,19)(H,21,22)(H,23,24,25)/t9-,10-,11+,14+/m1/s1. The average molecular weight is 414 g/mol. The number of aliphatic carboxylic acids is 1. The highest BCUT2D eigenvalue weighted by Crippen LogP contribution is 2.50. The molecule has 3 N–H and O–H groups in total. The molecule has 2 aliphatic rings. The Morgan fingerprint density at radius 1 is 1.26 bits per heavy atom. The molecule has 2 amide bonds. The number of fused-ring (bicyclic) bond motifs is 1. The van der Waals surface area contributed by atoms with Crippen molar-refractivity contribution in [1.29, 1.82) is 0 Å². The average Bonchev–Trinajstić information content (AvgIpc) is 2.81. The maximum atomic E-state index is 12.6. The number of amides is 2. The molecule has 2 aliphatic heterocycles. The first-order valence-corrected chi connectivity index (χ1v) is 10.4. The molecule has 0 bridgehead atoms. The molecule has 4 atom stereocenters. The van der Waals surface area contributed by atoms with Gasteiger partial charge in [0, 0.05) is 4.75 Å². The first-order chi connectivity index (χ1) is 12.4. The number of benzene rings is 1. The van der Waals surface area contributed by atoms with Crippen molar-refractivity contribution in [3.05, 3.63) is 35.9 Å². The van der Waals surface area contributed by atoms with Crippen molar-refractivity contribution in [2.45, 2.75) is 41.3 Å². The number of nitrogens with one attached hydrogen (secondary N) is 1. The molecule has 0 spiro atoms. The predicted octanol–water partition coefficient (Wildman–Crippen LogP) is 0.247.